The molecule has 0 spiro atoms. The summed E-state index contributed by atoms with van der Waals surface area (Å²) in [6.45, 7) is -0.599. The molecule has 1 aliphatic rings. The maximum Gasteiger partial charge on any atom is 0.330 e. The Hall–Kier alpha value is -5.28. The fourth-order valence-corrected chi connectivity index (χ4v) is 4.63. The van der Waals surface area contributed by atoms with Crippen LogP contribution in [0.15, 0.2) is 69.9 Å². The molecule has 0 radical (unpaired) electrons. The van der Waals surface area contributed by atoms with E-state index in [9.17, 15) is 45.3 Å². The van der Waals surface area contributed by atoms with E-state index in [4.69, 9.17) is 23.4 Å². The Morgan fingerprint density at radius 2 is 1.53 bits per heavy atom. The zero-order valence-corrected chi connectivity index (χ0v) is 23.4. The summed E-state index contributed by atoms with van der Waals surface area (Å²) in [6, 6.07) is 12.3. The minimum Gasteiger partial charge on any atom is -0.508 e. The molecule has 45 heavy (non-hydrogen) atoms. The van der Waals surface area contributed by atoms with Crippen molar-refractivity contribution in [3.63, 3.8) is 0 Å². The van der Waals surface area contributed by atoms with Gasteiger partial charge in [-0.1, -0.05) is 12.1 Å². The fraction of sp³-hybridized carbons (Fsp3) is 0.226. The Bertz CT molecular complexity index is 1780. The van der Waals surface area contributed by atoms with Crippen molar-refractivity contribution in [2.24, 2.45) is 0 Å². The summed E-state index contributed by atoms with van der Waals surface area (Å²) in [6.07, 6.45) is -6.31. The van der Waals surface area contributed by atoms with Crippen LogP contribution in [0.25, 0.3) is 28.4 Å². The number of aliphatic hydroxyl groups is 3. The van der Waals surface area contributed by atoms with Crippen LogP contribution in [0.4, 0.5) is 0 Å². The minimum absolute atomic E-state index is 0.0446. The van der Waals surface area contributed by atoms with Crippen LogP contribution in [-0.4, -0.2) is 86.1 Å². The molecule has 14 heteroatoms. The number of benzene rings is 3. The SMILES string of the molecule is COc1c(O)cc2oc(-c3ccc(O)cc3)c(O[C@@H]3O[C@H](COC(=O)/C=C/c4ccc(O)cc4)[C@@H](O)[C@H](O)[C@H]3O)c(=O)c2c1O. The normalized spacial score (nSPS) is 21.6. The topological polar surface area (TPSA) is 226 Å². The summed E-state index contributed by atoms with van der Waals surface area (Å²) >= 11 is 0. The van der Waals surface area contributed by atoms with Crippen LogP contribution in [0, 0.1) is 0 Å². The number of ether oxygens (including phenoxy) is 4. The number of carbonyl (C=O) groups excluding carboxylic acids is 1. The van der Waals surface area contributed by atoms with E-state index in [1.54, 1.807) is 12.1 Å². The van der Waals surface area contributed by atoms with Crippen molar-refractivity contribution in [3.8, 4) is 45.8 Å². The van der Waals surface area contributed by atoms with Crippen molar-refractivity contribution in [3.05, 3.63) is 76.5 Å². The molecule has 7 N–H and O–H groups in total. The average molecular weight is 625 g/mol. The maximum absolute atomic E-state index is 13.7. The van der Waals surface area contributed by atoms with Gasteiger partial charge in [0.1, 0.15) is 53.5 Å². The zero-order valence-electron chi connectivity index (χ0n) is 23.4. The number of hydrogen-bond donors (Lipinski definition) is 7. The predicted octanol–water partition coefficient (Wildman–Crippen LogP) is 1.73. The first-order valence-corrected chi connectivity index (χ1v) is 13.4. The first kappa shape index (κ1) is 31.2. The van der Waals surface area contributed by atoms with Gasteiger partial charge in [0.05, 0.1) is 7.11 Å². The second-order valence-corrected chi connectivity index (χ2v) is 9.97. The Morgan fingerprint density at radius 3 is 2.18 bits per heavy atom. The van der Waals surface area contributed by atoms with Crippen molar-refractivity contribution >= 4 is 23.0 Å². The number of hydrogen-bond acceptors (Lipinski definition) is 14. The van der Waals surface area contributed by atoms with E-state index >= 15 is 0 Å². The highest BCUT2D eigenvalue weighted by Crippen LogP contribution is 2.43. The van der Waals surface area contributed by atoms with Gasteiger partial charge in [-0.25, -0.2) is 4.79 Å². The summed E-state index contributed by atoms with van der Waals surface area (Å²) in [5.74, 6) is -3.51. The lowest BCUT2D eigenvalue weighted by molar-refractivity contribution is -0.278. The lowest BCUT2D eigenvalue weighted by Gasteiger charge is -2.39. The molecule has 14 nitrogen and oxygen atoms in total. The molecule has 0 bridgehead atoms. The van der Waals surface area contributed by atoms with Crippen LogP contribution in [0.3, 0.4) is 0 Å². The van der Waals surface area contributed by atoms with Gasteiger partial charge in [-0.3, -0.25) is 4.79 Å². The molecule has 0 unspecified atom stereocenters. The molecule has 236 valence electrons. The predicted molar refractivity (Wildman–Crippen MR) is 155 cm³/mol. The lowest BCUT2D eigenvalue weighted by Crippen LogP contribution is -2.60. The number of aromatic hydroxyl groups is 4. The molecule has 5 rings (SSSR count). The van der Waals surface area contributed by atoms with Gasteiger partial charge < -0.3 is 59.1 Å². The van der Waals surface area contributed by atoms with Crippen LogP contribution in [0.1, 0.15) is 5.56 Å². The molecular weight excluding hydrogens is 596 g/mol. The standard InChI is InChI=1S/C31H28O14/c1-41-29-18(34)12-19-22(24(29)37)25(38)30(28(43-19)15-5-9-17(33)10-6-15)45-31-27(40)26(39)23(36)20(44-31)13-42-21(35)11-4-14-2-7-16(32)8-3-14/h2-12,20,23,26-27,31-34,36-37,39-40H,13H2,1H3/b11-4+/t20-,23-,26+,27-,31+/m1/s1. The van der Waals surface area contributed by atoms with E-state index in [0.29, 0.717) is 5.56 Å². The van der Waals surface area contributed by atoms with Gasteiger partial charge in [-0.05, 0) is 48.0 Å². The number of esters is 1. The van der Waals surface area contributed by atoms with Gasteiger partial charge >= 0.3 is 5.97 Å². The fourth-order valence-electron chi connectivity index (χ4n) is 4.63. The number of methoxy groups -OCH3 is 1. The maximum atomic E-state index is 13.7. The third kappa shape index (κ3) is 6.34. The molecular formula is C31H28O14. The first-order valence-electron chi connectivity index (χ1n) is 13.4. The number of phenolic OH excluding ortho intramolecular Hbond substituents is 4. The van der Waals surface area contributed by atoms with E-state index in [-0.39, 0.29) is 28.4 Å². The van der Waals surface area contributed by atoms with Gasteiger partial charge in [0, 0.05) is 17.7 Å². The molecule has 0 aliphatic carbocycles. The first-order chi connectivity index (χ1) is 21.5. The molecule has 2 heterocycles. The Labute approximate surface area is 253 Å². The van der Waals surface area contributed by atoms with Crippen molar-refractivity contribution < 1.29 is 63.9 Å². The third-order valence-electron chi connectivity index (χ3n) is 6.98. The molecule has 1 aliphatic heterocycles. The smallest absolute Gasteiger partial charge is 0.330 e. The number of fused-ring (bicyclic) bond motifs is 1. The lowest BCUT2D eigenvalue weighted by atomic mass is 9.99. The molecule has 1 aromatic heterocycles. The Morgan fingerprint density at radius 1 is 0.889 bits per heavy atom. The van der Waals surface area contributed by atoms with Gasteiger partial charge in [-0.15, -0.1) is 0 Å². The van der Waals surface area contributed by atoms with Crippen molar-refractivity contribution in [1.29, 1.82) is 0 Å². The Balaban J connectivity index is 1.45. The van der Waals surface area contributed by atoms with Gasteiger partial charge in [-0.2, -0.15) is 0 Å². The van der Waals surface area contributed by atoms with Crippen LogP contribution in [0.5, 0.6) is 34.5 Å². The summed E-state index contributed by atoms with van der Waals surface area (Å²) in [5.41, 5.74) is -0.484. The monoisotopic (exact) mass is 624 g/mol. The molecule has 0 amide bonds. The molecule has 3 aromatic carbocycles. The van der Waals surface area contributed by atoms with E-state index in [2.05, 4.69) is 0 Å². The minimum atomic E-state index is -1.92. The number of carbonyl (C=O) groups is 1. The van der Waals surface area contributed by atoms with Gasteiger partial charge in [0.2, 0.25) is 23.2 Å². The second-order valence-electron chi connectivity index (χ2n) is 9.97. The highest BCUT2D eigenvalue weighted by molar-refractivity contribution is 5.91. The summed E-state index contributed by atoms with van der Waals surface area (Å²) in [5, 5.41) is 71.4. The molecule has 0 saturated carbocycles. The average Bonchev–Trinajstić information content (AvgIpc) is 3.01. The van der Waals surface area contributed by atoms with Crippen LogP contribution in [0.2, 0.25) is 0 Å². The van der Waals surface area contributed by atoms with E-state index in [0.717, 1.165) is 19.3 Å². The second kappa shape index (κ2) is 12.8. The summed E-state index contributed by atoms with van der Waals surface area (Å²) in [7, 11) is 1.15. The van der Waals surface area contributed by atoms with Crippen LogP contribution < -0.4 is 14.9 Å². The quantitative estimate of drug-likeness (QED) is 0.110. The van der Waals surface area contributed by atoms with Gasteiger partial charge in [0.15, 0.2) is 17.3 Å². The highest BCUT2D eigenvalue weighted by Gasteiger charge is 2.46. The van der Waals surface area contributed by atoms with Crippen molar-refractivity contribution in [1.82, 2.24) is 0 Å². The molecule has 1 saturated heterocycles. The largest absolute Gasteiger partial charge is 0.508 e. The zero-order chi connectivity index (χ0) is 32.4. The van der Waals surface area contributed by atoms with Crippen LogP contribution in [-0.2, 0) is 14.3 Å². The number of phenols is 4. The summed E-state index contributed by atoms with van der Waals surface area (Å²) in [4.78, 5) is 26.0. The third-order valence-corrected chi connectivity index (χ3v) is 6.98. The van der Waals surface area contributed by atoms with Crippen LogP contribution >= 0.6 is 0 Å². The van der Waals surface area contributed by atoms with E-state index < -0.39 is 77.1 Å². The molecule has 1 fully saturated rings. The van der Waals surface area contributed by atoms with Gasteiger partial charge in [0.25, 0.3) is 0 Å². The van der Waals surface area contributed by atoms with Crippen molar-refractivity contribution in [2.75, 3.05) is 13.7 Å². The van der Waals surface area contributed by atoms with E-state index in [1.807, 2.05) is 0 Å². The highest BCUT2D eigenvalue weighted by atomic mass is 16.7. The van der Waals surface area contributed by atoms with E-state index in [1.165, 1.54) is 42.5 Å². The molecule has 5 atom stereocenters. The Kier molecular flexibility index (Phi) is 8.83. The molecule has 4 aromatic rings. The van der Waals surface area contributed by atoms with Crippen molar-refractivity contribution in [2.45, 2.75) is 30.7 Å². The summed E-state index contributed by atoms with van der Waals surface area (Å²) < 4.78 is 27.3. The number of rotatable bonds is 8. The number of aliphatic hydroxyl groups excluding tert-OH is 3.